The summed E-state index contributed by atoms with van der Waals surface area (Å²) in [5.74, 6) is 0.528. The number of aromatic nitrogens is 3. The predicted molar refractivity (Wildman–Crippen MR) is 273 cm³/mol. The van der Waals surface area contributed by atoms with Crippen molar-refractivity contribution in [3.05, 3.63) is 119 Å². The molecule has 3 unspecified atom stereocenters. The van der Waals surface area contributed by atoms with Crippen molar-refractivity contribution in [1.29, 1.82) is 0 Å². The Morgan fingerprint density at radius 2 is 1.24 bits per heavy atom. The van der Waals surface area contributed by atoms with Crippen molar-refractivity contribution in [3.63, 3.8) is 0 Å². The number of hydrogen-bond acceptors (Lipinski definition) is 7. The van der Waals surface area contributed by atoms with Gasteiger partial charge in [-0.1, -0.05) is 132 Å². The van der Waals surface area contributed by atoms with Crippen LogP contribution >= 0.6 is 34.4 Å². The van der Waals surface area contributed by atoms with Gasteiger partial charge < -0.3 is 13.9 Å². The standard InChI is InChI=1S/C54H62BN3O2S3/c1-9-12-13-14-15-17-20-35(4)58-45-33-37(44(11-3)55-59-53(5,6)54(7,8)60-55)23-25-40(45)41-26-24-38(34-46(41)58)47-29-30-49(61-47)42-27-28-43(52-51(42)56-63-57-52)50-32-31-48(62-50)39(10-2)36-21-18-16-19-22-36/h16,18-19,21-35,39,44H,9-15,17,20H2,1-8H3. The Labute approximate surface area is 387 Å². The van der Waals surface area contributed by atoms with Crippen LogP contribution in [0.3, 0.4) is 0 Å². The third-order valence-corrected chi connectivity index (χ3v) is 17.1. The van der Waals surface area contributed by atoms with Crippen LogP contribution in [0.15, 0.2) is 103 Å². The van der Waals surface area contributed by atoms with Gasteiger partial charge in [-0.2, -0.15) is 8.75 Å². The number of rotatable bonds is 17. The predicted octanol–water partition coefficient (Wildman–Crippen LogP) is 16.9. The molecule has 5 heterocycles. The Morgan fingerprint density at radius 3 is 1.92 bits per heavy atom. The van der Waals surface area contributed by atoms with Crippen molar-refractivity contribution in [2.75, 3.05) is 0 Å². The molecule has 0 aliphatic carbocycles. The quantitative estimate of drug-likeness (QED) is 0.0675. The first kappa shape index (κ1) is 44.1. The molecule has 5 nitrogen and oxygen atoms in total. The first-order valence-electron chi connectivity index (χ1n) is 23.5. The molecule has 9 heteroatoms. The molecule has 0 radical (unpaired) electrons. The molecule has 1 fully saturated rings. The van der Waals surface area contributed by atoms with E-state index in [0.717, 1.165) is 41.4 Å². The summed E-state index contributed by atoms with van der Waals surface area (Å²) in [6, 6.07) is 39.2. The number of fused-ring (bicyclic) bond motifs is 4. The summed E-state index contributed by atoms with van der Waals surface area (Å²) >= 11 is 5.04. The van der Waals surface area contributed by atoms with Crippen LogP contribution in [0.4, 0.5) is 0 Å². The minimum absolute atomic E-state index is 0.139. The minimum atomic E-state index is -0.365. The van der Waals surface area contributed by atoms with Gasteiger partial charge in [0.1, 0.15) is 11.0 Å². The fourth-order valence-corrected chi connectivity index (χ4v) is 12.6. The molecule has 0 saturated carbocycles. The van der Waals surface area contributed by atoms with Gasteiger partial charge in [0.25, 0.3) is 0 Å². The molecule has 1 aliphatic heterocycles. The molecule has 4 aromatic carbocycles. The SMILES string of the molecule is CCCCCCCCC(C)n1c2cc(-c3ccc(-c4ccc(-c5ccc(C(CC)c6ccccc6)s5)c5nsnc45)s3)ccc2c2ccc(C(CC)B3OC(C)(C)C(C)(C)O3)cc21. The molecule has 63 heavy (non-hydrogen) atoms. The summed E-state index contributed by atoms with van der Waals surface area (Å²) in [4.78, 5) is 5.11. The van der Waals surface area contributed by atoms with Crippen molar-refractivity contribution >= 4 is 74.4 Å². The maximum absolute atomic E-state index is 6.65. The van der Waals surface area contributed by atoms with Crippen LogP contribution in [0.5, 0.6) is 0 Å². The first-order chi connectivity index (χ1) is 30.5. The first-order valence-corrected chi connectivity index (χ1v) is 25.8. The molecule has 326 valence electrons. The fraction of sp³-hybridized carbons (Fsp3) is 0.407. The Morgan fingerprint density at radius 1 is 0.619 bits per heavy atom. The zero-order valence-electron chi connectivity index (χ0n) is 38.4. The Kier molecular flexibility index (Phi) is 12.9. The van der Waals surface area contributed by atoms with E-state index in [1.165, 1.54) is 108 Å². The second-order valence-electron chi connectivity index (χ2n) is 18.8. The van der Waals surface area contributed by atoms with E-state index in [-0.39, 0.29) is 24.1 Å². The lowest BCUT2D eigenvalue weighted by Gasteiger charge is -2.32. The van der Waals surface area contributed by atoms with Crippen molar-refractivity contribution in [2.45, 2.75) is 142 Å². The largest absolute Gasteiger partial charge is 0.465 e. The average molecular weight is 892 g/mol. The van der Waals surface area contributed by atoms with Gasteiger partial charge in [0.15, 0.2) is 0 Å². The van der Waals surface area contributed by atoms with Crippen LogP contribution in [0, 0.1) is 0 Å². The monoisotopic (exact) mass is 891 g/mol. The Hall–Kier alpha value is -4.12. The number of unbranched alkanes of at least 4 members (excludes halogenated alkanes) is 5. The van der Waals surface area contributed by atoms with E-state index in [1.54, 1.807) is 0 Å². The smallest absolute Gasteiger partial charge is 0.403 e. The van der Waals surface area contributed by atoms with Crippen molar-refractivity contribution in [2.24, 2.45) is 0 Å². The van der Waals surface area contributed by atoms with Crippen LogP contribution < -0.4 is 0 Å². The topological polar surface area (TPSA) is 49.2 Å². The van der Waals surface area contributed by atoms with Crippen LogP contribution in [0.2, 0.25) is 0 Å². The highest BCUT2D eigenvalue weighted by atomic mass is 32.1. The summed E-state index contributed by atoms with van der Waals surface area (Å²) in [6.45, 7) is 17.9. The zero-order chi connectivity index (χ0) is 43.9. The maximum Gasteiger partial charge on any atom is 0.465 e. The summed E-state index contributed by atoms with van der Waals surface area (Å²) in [5, 5.41) is 2.62. The number of benzene rings is 4. The molecule has 3 atom stereocenters. The summed E-state index contributed by atoms with van der Waals surface area (Å²) in [6.07, 6.45) is 11.0. The van der Waals surface area contributed by atoms with E-state index < -0.39 is 0 Å². The second-order valence-corrected chi connectivity index (χ2v) is 21.5. The van der Waals surface area contributed by atoms with E-state index in [1.807, 2.05) is 22.7 Å². The Bertz CT molecular complexity index is 2820. The van der Waals surface area contributed by atoms with Gasteiger partial charge >= 0.3 is 7.12 Å². The molecule has 0 spiro atoms. The Balaban J connectivity index is 1.05. The van der Waals surface area contributed by atoms with Gasteiger partial charge in [0.05, 0.1) is 22.9 Å². The number of hydrogen-bond donors (Lipinski definition) is 0. The van der Waals surface area contributed by atoms with E-state index in [2.05, 4.69) is 163 Å². The molecular formula is C54H62BN3O2S3. The minimum Gasteiger partial charge on any atom is -0.403 e. The average Bonchev–Trinajstić information content (AvgIpc) is 4.13. The van der Waals surface area contributed by atoms with Crippen molar-refractivity contribution in [3.8, 4) is 31.3 Å². The second kappa shape index (κ2) is 18.4. The summed E-state index contributed by atoms with van der Waals surface area (Å²) in [5.41, 5.74) is 10.1. The fourth-order valence-electron chi connectivity index (χ4n) is 9.78. The van der Waals surface area contributed by atoms with Crippen LogP contribution in [-0.2, 0) is 9.31 Å². The van der Waals surface area contributed by atoms with Gasteiger partial charge in [-0.15, -0.1) is 22.7 Å². The number of nitrogens with zero attached hydrogens (tertiary/aromatic N) is 3. The summed E-state index contributed by atoms with van der Waals surface area (Å²) < 4.78 is 25.7. The van der Waals surface area contributed by atoms with Crippen LogP contribution in [-0.4, -0.2) is 31.6 Å². The van der Waals surface area contributed by atoms with Gasteiger partial charge in [-0.3, -0.25) is 0 Å². The highest BCUT2D eigenvalue weighted by Gasteiger charge is 2.53. The molecule has 0 bridgehead atoms. The summed E-state index contributed by atoms with van der Waals surface area (Å²) in [7, 11) is -0.282. The van der Waals surface area contributed by atoms with Crippen LogP contribution in [0.1, 0.15) is 147 Å². The lowest BCUT2D eigenvalue weighted by molar-refractivity contribution is 0.00578. The van der Waals surface area contributed by atoms with Gasteiger partial charge in [0.2, 0.25) is 0 Å². The molecule has 4 aromatic heterocycles. The zero-order valence-corrected chi connectivity index (χ0v) is 40.8. The van der Waals surface area contributed by atoms with Crippen LogP contribution in [0.25, 0.3) is 64.2 Å². The molecule has 1 aliphatic rings. The lowest BCUT2D eigenvalue weighted by atomic mass is 9.66. The third kappa shape index (κ3) is 8.49. The third-order valence-electron chi connectivity index (χ3n) is 14.1. The van der Waals surface area contributed by atoms with Gasteiger partial charge in [0, 0.05) is 70.2 Å². The maximum atomic E-state index is 6.65. The molecule has 8 aromatic rings. The molecule has 1 saturated heterocycles. The molecule has 0 N–H and O–H groups in total. The molecular weight excluding hydrogens is 830 g/mol. The van der Waals surface area contributed by atoms with Gasteiger partial charge in [-0.05, 0) is 101 Å². The molecule has 0 amide bonds. The van der Waals surface area contributed by atoms with E-state index >= 15 is 0 Å². The van der Waals surface area contributed by atoms with Crippen molar-refractivity contribution < 1.29 is 9.31 Å². The van der Waals surface area contributed by atoms with Crippen molar-refractivity contribution in [1.82, 2.24) is 13.3 Å². The normalized spacial score (nSPS) is 16.4. The highest BCUT2D eigenvalue weighted by Crippen LogP contribution is 2.46. The van der Waals surface area contributed by atoms with E-state index in [9.17, 15) is 0 Å². The number of thiophene rings is 2. The van der Waals surface area contributed by atoms with Gasteiger partial charge in [-0.25, -0.2) is 0 Å². The lowest BCUT2D eigenvalue weighted by Crippen LogP contribution is -2.41. The molecule has 9 rings (SSSR count). The van der Waals surface area contributed by atoms with E-state index in [4.69, 9.17) is 18.1 Å². The highest BCUT2D eigenvalue weighted by molar-refractivity contribution is 7.19. The van der Waals surface area contributed by atoms with E-state index in [0.29, 0.717) is 12.0 Å².